The Balaban J connectivity index is 1.74. The van der Waals surface area contributed by atoms with E-state index in [1.165, 1.54) is 11.3 Å². The first kappa shape index (κ1) is 20.4. The number of fused-ring (bicyclic) bond motifs is 1. The lowest BCUT2D eigenvalue weighted by Gasteiger charge is -2.28. The van der Waals surface area contributed by atoms with Gasteiger partial charge in [-0.1, -0.05) is 12.1 Å². The summed E-state index contributed by atoms with van der Waals surface area (Å²) in [7, 11) is 0. The molecule has 2 heterocycles. The summed E-state index contributed by atoms with van der Waals surface area (Å²) in [5, 5.41) is 12.4. The normalized spacial score (nSPS) is 18.2. The van der Waals surface area contributed by atoms with E-state index >= 15 is 0 Å². The van der Waals surface area contributed by atoms with Gasteiger partial charge in [-0.05, 0) is 44.7 Å². The van der Waals surface area contributed by atoms with Crippen LogP contribution in [0.1, 0.15) is 42.4 Å². The van der Waals surface area contributed by atoms with Crippen LogP contribution in [-0.2, 0) is 4.79 Å². The monoisotopic (exact) mass is 402 g/mol. The fourth-order valence-electron chi connectivity index (χ4n) is 3.45. The van der Waals surface area contributed by atoms with Crippen molar-refractivity contribution in [2.75, 3.05) is 13.1 Å². The van der Waals surface area contributed by atoms with E-state index in [1.807, 2.05) is 29.3 Å². The second-order valence-corrected chi connectivity index (χ2v) is 8.01. The molecule has 1 aromatic carbocycles. The average molecular weight is 403 g/mol. The molecule has 0 saturated carbocycles. The molecule has 2 atom stereocenters. The molecule has 1 aliphatic heterocycles. The predicted molar refractivity (Wildman–Crippen MR) is 110 cm³/mol. The lowest BCUT2D eigenvalue weighted by Crippen LogP contribution is -2.52. The standard InChI is InChI=1S/C19H26N6O2S/c1-12(26)15-8-5-11-25(15)24-14(7-4-10-22-19(20)21)17(27)18-23-13-6-2-3-9-16(13)28-18/h2-3,6,9,14-15,24H,4-5,7-8,10-11H2,1H3,(H4,20,21,22)/t14?,15-/m0/s1. The molecule has 3 rings (SSSR count). The number of Topliss-reactive ketones (excluding diaryl/α,β-unsaturated/α-hetero) is 2. The molecule has 1 unspecified atom stereocenters. The molecule has 1 aromatic heterocycles. The number of thiazole rings is 1. The molecule has 8 nitrogen and oxygen atoms in total. The third kappa shape index (κ3) is 4.92. The lowest BCUT2D eigenvalue weighted by molar-refractivity contribution is -0.122. The maximum absolute atomic E-state index is 13.2. The summed E-state index contributed by atoms with van der Waals surface area (Å²) >= 11 is 1.39. The largest absolute Gasteiger partial charge is 0.370 e. The number of aromatic nitrogens is 1. The number of carbonyl (C=O) groups excluding carboxylic acids is 2. The van der Waals surface area contributed by atoms with Crippen molar-refractivity contribution in [2.24, 2.45) is 5.73 Å². The minimum atomic E-state index is -0.478. The third-order valence-corrected chi connectivity index (χ3v) is 5.90. The Bertz CT molecular complexity index is 834. The number of nitrogens with two attached hydrogens (primary N) is 1. The van der Waals surface area contributed by atoms with E-state index in [0.717, 1.165) is 29.6 Å². The van der Waals surface area contributed by atoms with Crippen LogP contribution in [0.25, 0.3) is 10.2 Å². The molecule has 5 N–H and O–H groups in total. The van der Waals surface area contributed by atoms with E-state index in [4.69, 9.17) is 11.1 Å². The lowest BCUT2D eigenvalue weighted by atomic mass is 10.1. The number of carbonyl (C=O) groups is 2. The molecular weight excluding hydrogens is 376 g/mol. The van der Waals surface area contributed by atoms with Crippen LogP contribution >= 0.6 is 11.3 Å². The summed E-state index contributed by atoms with van der Waals surface area (Å²) in [5.74, 6) is -0.0501. The molecule has 1 saturated heterocycles. The summed E-state index contributed by atoms with van der Waals surface area (Å²) in [5.41, 5.74) is 9.43. The van der Waals surface area contributed by atoms with Crippen LogP contribution < -0.4 is 16.5 Å². The molecule has 1 fully saturated rings. The van der Waals surface area contributed by atoms with E-state index in [-0.39, 0.29) is 23.6 Å². The molecular formula is C19H26N6O2S. The van der Waals surface area contributed by atoms with Gasteiger partial charge in [0.25, 0.3) is 0 Å². The van der Waals surface area contributed by atoms with Gasteiger partial charge in [0.1, 0.15) is 5.78 Å². The first-order chi connectivity index (χ1) is 13.5. The Morgan fingerprint density at radius 2 is 2.21 bits per heavy atom. The summed E-state index contributed by atoms with van der Waals surface area (Å²) in [6, 6.07) is 7.01. The van der Waals surface area contributed by atoms with Crippen LogP contribution in [0.5, 0.6) is 0 Å². The van der Waals surface area contributed by atoms with E-state index in [0.29, 0.717) is 24.4 Å². The van der Waals surface area contributed by atoms with Gasteiger partial charge in [-0.25, -0.2) is 15.4 Å². The summed E-state index contributed by atoms with van der Waals surface area (Å²) < 4.78 is 0.977. The number of para-hydroxylation sites is 1. The zero-order chi connectivity index (χ0) is 20.1. The maximum Gasteiger partial charge on any atom is 0.209 e. The van der Waals surface area contributed by atoms with E-state index in [1.54, 1.807) is 6.92 Å². The zero-order valence-electron chi connectivity index (χ0n) is 15.9. The highest BCUT2D eigenvalue weighted by molar-refractivity contribution is 7.20. The number of guanidine groups is 1. The predicted octanol–water partition coefficient (Wildman–Crippen LogP) is 1.67. The zero-order valence-corrected chi connectivity index (χ0v) is 16.7. The summed E-state index contributed by atoms with van der Waals surface area (Å²) in [6.07, 6.45) is 2.93. The van der Waals surface area contributed by atoms with Crippen LogP contribution in [0.2, 0.25) is 0 Å². The number of rotatable bonds is 9. The quantitative estimate of drug-likeness (QED) is 0.218. The third-order valence-electron chi connectivity index (χ3n) is 4.85. The van der Waals surface area contributed by atoms with Gasteiger partial charge in [0.05, 0.1) is 22.3 Å². The van der Waals surface area contributed by atoms with Crippen molar-refractivity contribution >= 4 is 39.1 Å². The highest BCUT2D eigenvalue weighted by Crippen LogP contribution is 2.24. The average Bonchev–Trinajstić information content (AvgIpc) is 3.30. The van der Waals surface area contributed by atoms with Crippen molar-refractivity contribution in [3.8, 4) is 0 Å². The first-order valence-corrected chi connectivity index (χ1v) is 10.3. The van der Waals surface area contributed by atoms with E-state index < -0.39 is 6.04 Å². The van der Waals surface area contributed by atoms with Gasteiger partial charge in [-0.2, -0.15) is 0 Å². The van der Waals surface area contributed by atoms with Crippen LogP contribution in [0.3, 0.4) is 0 Å². The van der Waals surface area contributed by atoms with Crippen LogP contribution in [-0.4, -0.2) is 52.7 Å². The van der Waals surface area contributed by atoms with Gasteiger partial charge >= 0.3 is 0 Å². The number of hydrazine groups is 1. The SMILES string of the molecule is CC(=O)[C@@H]1CCCN1NC(CCCNC(=N)N)C(=O)c1nc2ccccc2s1. The Hall–Kier alpha value is -2.36. The molecule has 1 aliphatic rings. The number of ketones is 2. The van der Waals surface area contributed by atoms with Crippen molar-refractivity contribution in [2.45, 2.75) is 44.7 Å². The maximum atomic E-state index is 13.2. The second kappa shape index (κ2) is 9.22. The van der Waals surface area contributed by atoms with Crippen molar-refractivity contribution in [1.82, 2.24) is 20.7 Å². The van der Waals surface area contributed by atoms with Gasteiger partial charge in [0.15, 0.2) is 11.0 Å². The number of hydrogen-bond donors (Lipinski definition) is 4. The van der Waals surface area contributed by atoms with Gasteiger partial charge in [0.2, 0.25) is 5.78 Å². The van der Waals surface area contributed by atoms with Crippen LogP contribution in [0.4, 0.5) is 0 Å². The topological polar surface area (TPSA) is 124 Å². The molecule has 0 spiro atoms. The van der Waals surface area contributed by atoms with Crippen molar-refractivity contribution in [1.29, 1.82) is 5.41 Å². The molecule has 0 bridgehead atoms. The number of nitrogens with one attached hydrogen (secondary N) is 3. The second-order valence-electron chi connectivity index (χ2n) is 6.98. The van der Waals surface area contributed by atoms with Crippen molar-refractivity contribution in [3.63, 3.8) is 0 Å². The Labute approximate surface area is 168 Å². The number of hydrogen-bond acceptors (Lipinski definition) is 7. The summed E-state index contributed by atoms with van der Waals surface area (Å²) in [4.78, 5) is 29.6. The van der Waals surface area contributed by atoms with Gasteiger partial charge in [0, 0.05) is 13.1 Å². The van der Waals surface area contributed by atoms with Crippen molar-refractivity contribution < 1.29 is 9.59 Å². The van der Waals surface area contributed by atoms with E-state index in [9.17, 15) is 9.59 Å². The first-order valence-electron chi connectivity index (χ1n) is 9.46. The fraction of sp³-hybridized carbons (Fsp3) is 0.474. The molecule has 9 heteroatoms. The van der Waals surface area contributed by atoms with Gasteiger partial charge < -0.3 is 11.1 Å². The molecule has 28 heavy (non-hydrogen) atoms. The Morgan fingerprint density at radius 1 is 1.43 bits per heavy atom. The minimum Gasteiger partial charge on any atom is -0.370 e. The molecule has 0 amide bonds. The number of nitrogens with zero attached hydrogens (tertiary/aromatic N) is 2. The smallest absolute Gasteiger partial charge is 0.209 e. The fourth-order valence-corrected chi connectivity index (χ4v) is 4.41. The molecule has 150 valence electrons. The van der Waals surface area contributed by atoms with Crippen molar-refractivity contribution in [3.05, 3.63) is 29.3 Å². The van der Waals surface area contributed by atoms with Crippen LogP contribution in [0, 0.1) is 5.41 Å². The molecule has 2 aromatic rings. The van der Waals surface area contributed by atoms with Gasteiger partial charge in [-0.15, -0.1) is 11.3 Å². The Morgan fingerprint density at radius 3 is 2.93 bits per heavy atom. The van der Waals surface area contributed by atoms with E-state index in [2.05, 4.69) is 15.7 Å². The Kier molecular flexibility index (Phi) is 6.71. The highest BCUT2D eigenvalue weighted by Gasteiger charge is 2.32. The highest BCUT2D eigenvalue weighted by atomic mass is 32.1. The molecule has 0 aliphatic carbocycles. The minimum absolute atomic E-state index is 0.0711. The number of benzene rings is 1. The molecule has 0 radical (unpaired) electrons. The summed E-state index contributed by atoms with van der Waals surface area (Å²) in [6.45, 7) is 2.84. The van der Waals surface area contributed by atoms with Crippen LogP contribution in [0.15, 0.2) is 24.3 Å². The van der Waals surface area contributed by atoms with Gasteiger partial charge in [-0.3, -0.25) is 15.0 Å².